The maximum atomic E-state index is 5.63. The van der Waals surface area contributed by atoms with Crippen LogP contribution in [0, 0.1) is 0 Å². The molecule has 0 radical (unpaired) electrons. The molecule has 106 valence electrons. The van der Waals surface area contributed by atoms with Crippen LogP contribution in [0.15, 0.2) is 84.9 Å². The molecule has 0 aliphatic heterocycles. The van der Waals surface area contributed by atoms with Crippen LogP contribution in [0.25, 0.3) is 0 Å². The van der Waals surface area contributed by atoms with Gasteiger partial charge in [-0.15, -0.1) is 0 Å². The lowest BCUT2D eigenvalue weighted by atomic mass is 10.3. The van der Waals surface area contributed by atoms with Gasteiger partial charge in [-0.3, -0.25) is 0 Å². The quantitative estimate of drug-likeness (QED) is 0.686. The van der Waals surface area contributed by atoms with Crippen molar-refractivity contribution in [2.75, 3.05) is 11.5 Å². The number of benzene rings is 3. The summed E-state index contributed by atoms with van der Waals surface area (Å²) in [7, 11) is 0. The van der Waals surface area contributed by atoms with E-state index >= 15 is 0 Å². The second-order valence-electron chi connectivity index (χ2n) is 4.40. The Morgan fingerprint density at radius 2 is 1.05 bits per heavy atom. The van der Waals surface area contributed by atoms with Crippen molar-refractivity contribution in [2.45, 2.75) is 0 Å². The van der Waals surface area contributed by atoms with Crippen molar-refractivity contribution in [2.24, 2.45) is 0 Å². The van der Waals surface area contributed by atoms with Gasteiger partial charge >= 0.3 is 0 Å². The predicted octanol–water partition coefficient (Wildman–Crippen LogP) is 4.33. The highest BCUT2D eigenvalue weighted by Gasteiger charge is 1.95. The van der Waals surface area contributed by atoms with Crippen LogP contribution in [0.5, 0.6) is 11.5 Å². The first-order valence-corrected chi connectivity index (χ1v) is 6.63. The molecule has 0 spiro atoms. The minimum absolute atomic E-state index is 0.707. The smallest absolute Gasteiger partial charge is 0.129 e. The van der Waals surface area contributed by atoms with Crippen LogP contribution in [-0.2, 0) is 0 Å². The van der Waals surface area contributed by atoms with Crippen LogP contribution < -0.4 is 16.2 Å². The summed E-state index contributed by atoms with van der Waals surface area (Å²) >= 11 is 0. The molecule has 0 fully saturated rings. The topological polar surface area (TPSA) is 61.3 Å². The molecule has 0 saturated heterocycles. The van der Waals surface area contributed by atoms with Crippen LogP contribution >= 0.6 is 0 Å². The molecule has 0 amide bonds. The van der Waals surface area contributed by atoms with Gasteiger partial charge in [-0.05, 0) is 36.4 Å². The Morgan fingerprint density at radius 1 is 0.524 bits per heavy atom. The lowest BCUT2D eigenvalue weighted by Gasteiger charge is -2.05. The van der Waals surface area contributed by atoms with Crippen molar-refractivity contribution in [3.8, 4) is 11.5 Å². The molecular formula is C18H18N2O. The molecule has 0 aliphatic carbocycles. The Balaban J connectivity index is 0.000000194. The number of para-hydroxylation sites is 2. The molecule has 4 N–H and O–H groups in total. The molecule has 0 unspecified atom stereocenters. The van der Waals surface area contributed by atoms with E-state index in [0.29, 0.717) is 5.69 Å². The monoisotopic (exact) mass is 278 g/mol. The number of hydrogen-bond acceptors (Lipinski definition) is 3. The highest BCUT2D eigenvalue weighted by molar-refractivity contribution is 5.45. The van der Waals surface area contributed by atoms with Gasteiger partial charge in [0.25, 0.3) is 0 Å². The zero-order chi connectivity index (χ0) is 14.9. The molecule has 0 aromatic heterocycles. The SMILES string of the molecule is Nc1cccc(Oc2ccccc2)c1.Nc1ccccc1. The third-order valence-electron chi connectivity index (χ3n) is 2.64. The minimum atomic E-state index is 0.707. The summed E-state index contributed by atoms with van der Waals surface area (Å²) in [5, 5.41) is 0. The van der Waals surface area contributed by atoms with Gasteiger partial charge in [0.05, 0.1) is 0 Å². The van der Waals surface area contributed by atoms with E-state index in [-0.39, 0.29) is 0 Å². The van der Waals surface area contributed by atoms with E-state index in [2.05, 4.69) is 0 Å². The number of anilines is 2. The fraction of sp³-hybridized carbons (Fsp3) is 0. The molecule has 21 heavy (non-hydrogen) atoms. The fourth-order valence-electron chi connectivity index (χ4n) is 1.66. The third-order valence-corrected chi connectivity index (χ3v) is 2.64. The van der Waals surface area contributed by atoms with Crippen molar-refractivity contribution in [1.82, 2.24) is 0 Å². The first-order chi connectivity index (χ1) is 10.2. The lowest BCUT2D eigenvalue weighted by Crippen LogP contribution is -1.86. The van der Waals surface area contributed by atoms with Gasteiger partial charge in [0, 0.05) is 17.4 Å². The largest absolute Gasteiger partial charge is 0.457 e. The molecule has 3 heteroatoms. The second kappa shape index (κ2) is 7.60. The van der Waals surface area contributed by atoms with Gasteiger partial charge in [0.1, 0.15) is 11.5 Å². The first-order valence-electron chi connectivity index (χ1n) is 6.63. The molecule has 3 aromatic rings. The normalized spacial score (nSPS) is 9.33. The van der Waals surface area contributed by atoms with E-state index in [1.54, 1.807) is 6.07 Å². The Hall–Kier alpha value is -2.94. The van der Waals surface area contributed by atoms with Crippen molar-refractivity contribution >= 4 is 11.4 Å². The van der Waals surface area contributed by atoms with E-state index in [1.165, 1.54) is 0 Å². The van der Waals surface area contributed by atoms with Crippen LogP contribution in [0.2, 0.25) is 0 Å². The number of nitrogen functional groups attached to an aromatic ring is 2. The molecular weight excluding hydrogens is 260 g/mol. The van der Waals surface area contributed by atoms with Crippen molar-refractivity contribution in [1.29, 1.82) is 0 Å². The number of hydrogen-bond donors (Lipinski definition) is 2. The van der Waals surface area contributed by atoms with Crippen LogP contribution in [-0.4, -0.2) is 0 Å². The Kier molecular flexibility index (Phi) is 5.24. The molecule has 0 bridgehead atoms. The molecule has 0 aliphatic rings. The summed E-state index contributed by atoms with van der Waals surface area (Å²) in [6.07, 6.45) is 0. The minimum Gasteiger partial charge on any atom is -0.457 e. The lowest BCUT2D eigenvalue weighted by molar-refractivity contribution is 0.483. The molecule has 0 atom stereocenters. The maximum absolute atomic E-state index is 5.63. The summed E-state index contributed by atoms with van der Waals surface area (Å²) in [6.45, 7) is 0. The molecule has 3 rings (SSSR count). The Bertz CT molecular complexity index is 654. The van der Waals surface area contributed by atoms with Crippen LogP contribution in [0.1, 0.15) is 0 Å². The van der Waals surface area contributed by atoms with Gasteiger partial charge in [0.2, 0.25) is 0 Å². The van der Waals surface area contributed by atoms with Crippen LogP contribution in [0.3, 0.4) is 0 Å². The Morgan fingerprint density at radius 3 is 1.57 bits per heavy atom. The first kappa shape index (κ1) is 14.5. The number of ether oxygens (including phenoxy) is 1. The number of nitrogens with two attached hydrogens (primary N) is 2. The molecule has 0 saturated carbocycles. The average Bonchev–Trinajstić information content (AvgIpc) is 2.50. The van der Waals surface area contributed by atoms with E-state index in [9.17, 15) is 0 Å². The van der Waals surface area contributed by atoms with E-state index < -0.39 is 0 Å². The highest BCUT2D eigenvalue weighted by atomic mass is 16.5. The van der Waals surface area contributed by atoms with E-state index in [1.807, 2.05) is 78.9 Å². The number of rotatable bonds is 2. The van der Waals surface area contributed by atoms with E-state index in [4.69, 9.17) is 16.2 Å². The molecule has 3 aromatic carbocycles. The highest BCUT2D eigenvalue weighted by Crippen LogP contribution is 2.22. The maximum Gasteiger partial charge on any atom is 0.129 e. The van der Waals surface area contributed by atoms with Crippen molar-refractivity contribution < 1.29 is 4.74 Å². The zero-order valence-corrected chi connectivity index (χ0v) is 11.6. The zero-order valence-electron chi connectivity index (χ0n) is 11.6. The van der Waals surface area contributed by atoms with Gasteiger partial charge < -0.3 is 16.2 Å². The predicted molar refractivity (Wildman–Crippen MR) is 88.2 cm³/mol. The van der Waals surface area contributed by atoms with E-state index in [0.717, 1.165) is 17.2 Å². The van der Waals surface area contributed by atoms with Crippen LogP contribution in [0.4, 0.5) is 11.4 Å². The molecule has 0 heterocycles. The second-order valence-corrected chi connectivity index (χ2v) is 4.40. The summed E-state index contributed by atoms with van der Waals surface area (Å²) in [4.78, 5) is 0. The summed E-state index contributed by atoms with van der Waals surface area (Å²) in [5.74, 6) is 1.58. The van der Waals surface area contributed by atoms with Crippen molar-refractivity contribution in [3.63, 3.8) is 0 Å². The van der Waals surface area contributed by atoms with Gasteiger partial charge in [-0.25, -0.2) is 0 Å². The van der Waals surface area contributed by atoms with Gasteiger partial charge in [-0.2, -0.15) is 0 Å². The summed E-state index contributed by atoms with van der Waals surface area (Å²) in [5.41, 5.74) is 12.5. The van der Waals surface area contributed by atoms with Crippen molar-refractivity contribution in [3.05, 3.63) is 84.9 Å². The Labute approximate surface area is 124 Å². The van der Waals surface area contributed by atoms with Gasteiger partial charge in [0.15, 0.2) is 0 Å². The average molecular weight is 278 g/mol. The summed E-state index contributed by atoms with van der Waals surface area (Å²) in [6, 6.07) is 26.5. The molecule has 3 nitrogen and oxygen atoms in total. The standard InChI is InChI=1S/C12H11NO.C6H7N/c13-10-5-4-8-12(9-10)14-11-6-2-1-3-7-11;7-6-4-2-1-3-5-6/h1-9H,13H2;1-5H,7H2. The fourth-order valence-corrected chi connectivity index (χ4v) is 1.66. The van der Waals surface area contributed by atoms with Gasteiger partial charge in [-0.1, -0.05) is 42.5 Å². The summed E-state index contributed by atoms with van der Waals surface area (Å²) < 4.78 is 5.58. The third kappa shape index (κ3) is 5.28.